The molecule has 2 aromatic heterocycles. The maximum atomic E-state index is 12.7. The van der Waals surface area contributed by atoms with E-state index in [9.17, 15) is 29.0 Å². The summed E-state index contributed by atoms with van der Waals surface area (Å²) in [5.74, 6) is -0.505. The average Bonchev–Trinajstić information content (AvgIpc) is 3.24. The molecule has 1 aliphatic heterocycles. The normalized spacial score (nSPS) is 24.2. The number of aryl methyl sites for hydroxylation is 2. The molecule has 0 saturated carbocycles. The summed E-state index contributed by atoms with van der Waals surface area (Å²) >= 11 is 0. The van der Waals surface area contributed by atoms with Crippen LogP contribution in [0.2, 0.25) is 0 Å². The molecule has 0 radical (unpaired) electrons. The minimum absolute atomic E-state index is 0.0756. The van der Waals surface area contributed by atoms with Crippen LogP contribution in [-0.2, 0) is 24.9 Å². The Hall–Kier alpha value is -2.99. The lowest BCUT2D eigenvalue weighted by Gasteiger charge is -2.42. The molecule has 12 nitrogen and oxygen atoms in total. The van der Waals surface area contributed by atoms with Gasteiger partial charge in [-0.3, -0.25) is 4.57 Å². The number of aliphatic hydroxyl groups is 1. The fraction of sp³-hybridized carbons (Fsp3) is 0.417. The number of carbonyl (C=O) groups is 1. The van der Waals surface area contributed by atoms with Crippen molar-refractivity contribution >= 4 is 24.5 Å². The van der Waals surface area contributed by atoms with Gasteiger partial charge in [0.15, 0.2) is 12.2 Å². The van der Waals surface area contributed by atoms with Crippen LogP contribution < -0.4 is 10.4 Å². The fourth-order valence-corrected chi connectivity index (χ4v) is 5.08. The highest BCUT2D eigenvalue weighted by Crippen LogP contribution is 2.41. The van der Waals surface area contributed by atoms with Crippen LogP contribution in [0.15, 0.2) is 39.5 Å². The van der Waals surface area contributed by atoms with E-state index in [1.807, 2.05) is 0 Å². The van der Waals surface area contributed by atoms with Crippen LogP contribution >= 0.6 is 7.60 Å². The van der Waals surface area contributed by atoms with Crippen LogP contribution in [0.5, 0.6) is 5.75 Å². The van der Waals surface area contributed by atoms with Crippen LogP contribution in [0, 0.1) is 13.8 Å². The smallest absolute Gasteiger partial charge is 0.355 e. The summed E-state index contributed by atoms with van der Waals surface area (Å²) in [5.41, 5.74) is 0.739. The molecule has 1 aromatic carbocycles. The minimum atomic E-state index is -4.45. The van der Waals surface area contributed by atoms with Gasteiger partial charge in [-0.05, 0) is 50.6 Å². The number of esters is 1. The predicted octanol–water partition coefficient (Wildman–Crippen LogP) is 2.14. The molecule has 3 aromatic rings. The Labute approximate surface area is 211 Å². The van der Waals surface area contributed by atoms with Crippen molar-refractivity contribution in [1.29, 1.82) is 0 Å². The molecule has 0 amide bonds. The summed E-state index contributed by atoms with van der Waals surface area (Å²) in [4.78, 5) is 46.4. The predicted molar refractivity (Wildman–Crippen MR) is 129 cm³/mol. The van der Waals surface area contributed by atoms with Gasteiger partial charge in [-0.15, -0.1) is 0 Å². The summed E-state index contributed by atoms with van der Waals surface area (Å²) in [6.45, 7) is 5.05. The lowest BCUT2D eigenvalue weighted by Crippen LogP contribution is -2.60. The molecule has 0 aliphatic carbocycles. The van der Waals surface area contributed by atoms with E-state index in [2.05, 4.69) is 4.98 Å². The van der Waals surface area contributed by atoms with Crippen molar-refractivity contribution in [3.05, 3.63) is 63.3 Å². The Bertz CT molecular complexity index is 1410. The Balaban J connectivity index is 1.63. The highest BCUT2D eigenvalue weighted by atomic mass is 31.2. The largest absolute Gasteiger partial charge is 0.462 e. The number of carbonyl (C=O) groups excluding carboxylic acids is 1. The van der Waals surface area contributed by atoms with Crippen LogP contribution in [-0.4, -0.2) is 63.7 Å². The first-order chi connectivity index (χ1) is 17.4. The monoisotopic (exact) mass is 537 g/mol. The Morgan fingerprint density at radius 3 is 2.51 bits per heavy atom. The van der Waals surface area contributed by atoms with Crippen molar-refractivity contribution in [2.45, 2.75) is 57.6 Å². The van der Waals surface area contributed by atoms with Gasteiger partial charge in [0.25, 0.3) is 0 Å². The fourth-order valence-electron chi connectivity index (χ4n) is 4.37. The first-order valence-electron chi connectivity index (χ1n) is 11.4. The Kier molecular flexibility index (Phi) is 7.61. The summed E-state index contributed by atoms with van der Waals surface area (Å²) in [6, 6.07) is 7.31. The van der Waals surface area contributed by atoms with Crippen LogP contribution in [0.25, 0.3) is 11.0 Å². The molecule has 0 spiro atoms. The number of nitrogens with one attached hydrogen (secondary N) is 1. The van der Waals surface area contributed by atoms with Crippen LogP contribution in [0.3, 0.4) is 0 Å². The van der Waals surface area contributed by atoms with Crippen LogP contribution in [0.1, 0.15) is 34.2 Å². The number of methoxy groups -OCH3 is 1. The minimum Gasteiger partial charge on any atom is -0.462 e. The summed E-state index contributed by atoms with van der Waals surface area (Å²) in [6.07, 6.45) is -5.95. The third kappa shape index (κ3) is 5.80. The number of benzene rings is 1. The number of ether oxygens (including phenoxy) is 4. The molecule has 1 fully saturated rings. The standard InChI is InChI=1S/C24H28NO11P/c1-11-5-7-16(25-11)23(28)36-22-19(27)24(33-13(3)21(22)32-4)34-17-8-6-15-14(10-37(29,30)31)9-18(26)35-20(15)12(17)2/h5-9,13,19,21-22,24-25,27H,10H2,1-4H3,(H2,29,30,31)/t13-,19+,21+,22-,24-/m0/s1. The third-order valence-corrected chi connectivity index (χ3v) is 6.89. The number of rotatable bonds is 7. The first-order valence-corrected chi connectivity index (χ1v) is 13.2. The lowest BCUT2D eigenvalue weighted by molar-refractivity contribution is -0.272. The van der Waals surface area contributed by atoms with Crippen molar-refractivity contribution in [3.63, 3.8) is 0 Å². The van der Waals surface area contributed by atoms with E-state index in [1.54, 1.807) is 32.9 Å². The van der Waals surface area contributed by atoms with E-state index < -0.39 is 56.1 Å². The van der Waals surface area contributed by atoms with Gasteiger partial charge < -0.3 is 43.2 Å². The molecule has 0 unspecified atom stereocenters. The number of hydrogen-bond donors (Lipinski definition) is 4. The molecule has 5 atom stereocenters. The van der Waals surface area contributed by atoms with Crippen molar-refractivity contribution in [2.24, 2.45) is 0 Å². The number of hydrogen-bond acceptors (Lipinski definition) is 9. The molecule has 0 bridgehead atoms. The van der Waals surface area contributed by atoms with Crippen molar-refractivity contribution in [1.82, 2.24) is 4.98 Å². The van der Waals surface area contributed by atoms with E-state index in [4.69, 9.17) is 23.4 Å². The zero-order valence-corrected chi connectivity index (χ0v) is 21.4. The number of aromatic nitrogens is 1. The number of aromatic amines is 1. The topological polar surface area (TPSA) is 178 Å². The third-order valence-electron chi connectivity index (χ3n) is 6.13. The van der Waals surface area contributed by atoms with Gasteiger partial charge >= 0.3 is 19.2 Å². The van der Waals surface area contributed by atoms with Crippen LogP contribution in [0.4, 0.5) is 0 Å². The maximum Gasteiger partial charge on any atom is 0.355 e. The summed E-state index contributed by atoms with van der Waals surface area (Å²) in [5, 5.41) is 11.4. The van der Waals surface area contributed by atoms with Crippen molar-refractivity contribution < 1.29 is 47.6 Å². The first kappa shape index (κ1) is 27.1. The van der Waals surface area contributed by atoms with Gasteiger partial charge in [0.1, 0.15) is 23.1 Å². The van der Waals surface area contributed by atoms with Crippen molar-refractivity contribution in [3.8, 4) is 5.75 Å². The second kappa shape index (κ2) is 10.4. The van der Waals surface area contributed by atoms with Gasteiger partial charge in [-0.1, -0.05) is 0 Å². The van der Waals surface area contributed by atoms with E-state index in [1.165, 1.54) is 19.2 Å². The van der Waals surface area contributed by atoms with E-state index in [0.29, 0.717) is 10.9 Å². The average molecular weight is 537 g/mol. The molecule has 200 valence electrons. The molecule has 4 rings (SSSR count). The highest BCUT2D eigenvalue weighted by Gasteiger charge is 2.48. The number of aliphatic hydroxyl groups excluding tert-OH is 1. The lowest BCUT2D eigenvalue weighted by atomic mass is 9.99. The summed E-state index contributed by atoms with van der Waals surface area (Å²) < 4.78 is 39.6. The van der Waals surface area contributed by atoms with Gasteiger partial charge in [-0.25, -0.2) is 9.59 Å². The zero-order chi connectivity index (χ0) is 27.1. The van der Waals surface area contributed by atoms with E-state index in [-0.39, 0.29) is 22.6 Å². The highest BCUT2D eigenvalue weighted by molar-refractivity contribution is 7.50. The van der Waals surface area contributed by atoms with Gasteiger partial charge in [0.2, 0.25) is 6.29 Å². The second-order valence-electron chi connectivity index (χ2n) is 8.92. The van der Waals surface area contributed by atoms with Gasteiger partial charge in [-0.2, -0.15) is 0 Å². The molecule has 13 heteroatoms. The van der Waals surface area contributed by atoms with E-state index in [0.717, 1.165) is 11.8 Å². The molecular formula is C24H28NO11P. The zero-order valence-electron chi connectivity index (χ0n) is 20.5. The molecular weight excluding hydrogens is 509 g/mol. The molecule has 3 heterocycles. The molecule has 37 heavy (non-hydrogen) atoms. The molecule has 1 aliphatic rings. The quantitative estimate of drug-likeness (QED) is 0.197. The second-order valence-corrected chi connectivity index (χ2v) is 10.6. The van der Waals surface area contributed by atoms with Gasteiger partial charge in [0, 0.05) is 29.8 Å². The molecule has 1 saturated heterocycles. The van der Waals surface area contributed by atoms with Gasteiger partial charge in [0.05, 0.1) is 12.3 Å². The van der Waals surface area contributed by atoms with E-state index >= 15 is 0 Å². The maximum absolute atomic E-state index is 12.7. The number of H-pyrrole nitrogens is 1. The molecule has 4 N–H and O–H groups in total. The van der Waals surface area contributed by atoms with Crippen molar-refractivity contribution in [2.75, 3.05) is 7.11 Å². The SMILES string of the molecule is CO[C@H]1[C@@H](OC(=O)c2ccc(C)[nH]2)[C@@H](O)[C@H](Oc2ccc3c(CP(=O)(O)O)cc(=O)oc3c2C)O[C@H]1C. The summed E-state index contributed by atoms with van der Waals surface area (Å²) in [7, 11) is -3.05. The Morgan fingerprint density at radius 2 is 1.89 bits per heavy atom. The Morgan fingerprint density at radius 1 is 1.16 bits per heavy atom. The number of fused-ring (bicyclic) bond motifs is 1.